The van der Waals surface area contributed by atoms with Crippen LogP contribution < -0.4 is 0 Å². The molecule has 3 heteroatoms. The number of carbonyl (C=O) groups excluding carboxylic acids is 1. The number of likely N-dealkylation sites (tertiary alicyclic amines) is 1. The van der Waals surface area contributed by atoms with E-state index >= 15 is 0 Å². The van der Waals surface area contributed by atoms with E-state index in [1.54, 1.807) is 0 Å². The van der Waals surface area contributed by atoms with Crippen LogP contribution in [0.1, 0.15) is 40.9 Å². The van der Waals surface area contributed by atoms with E-state index in [1.807, 2.05) is 60.5 Å². The Labute approximate surface area is 132 Å². The van der Waals surface area contributed by atoms with Crippen LogP contribution >= 0.6 is 0 Å². The summed E-state index contributed by atoms with van der Waals surface area (Å²) >= 11 is 0. The molecule has 0 radical (unpaired) electrons. The molecular formula is C19H22N2O. The van der Waals surface area contributed by atoms with E-state index in [0.29, 0.717) is 0 Å². The van der Waals surface area contributed by atoms with Crippen LogP contribution in [-0.2, 0) is 6.42 Å². The van der Waals surface area contributed by atoms with Crippen molar-refractivity contribution in [3.05, 3.63) is 65.5 Å². The van der Waals surface area contributed by atoms with E-state index in [1.165, 1.54) is 12.0 Å². The highest BCUT2D eigenvalue weighted by Gasteiger charge is 2.27. The monoisotopic (exact) mass is 294 g/mol. The third kappa shape index (κ3) is 3.35. The standard InChI is InChI=1S/C19H22N2O/c1-15-8-10-16(11-9-15)19(22)21-13-5-3-7-18(21)14-17-6-2-4-12-20-17/h2,4,6,8-12,18H,3,5,7,13-14H2,1H3. The largest absolute Gasteiger partial charge is 0.335 e. The fraction of sp³-hybridized carbons (Fsp3) is 0.368. The fourth-order valence-electron chi connectivity index (χ4n) is 3.10. The predicted molar refractivity (Wildman–Crippen MR) is 87.8 cm³/mol. The maximum Gasteiger partial charge on any atom is 0.254 e. The number of carbonyl (C=O) groups is 1. The van der Waals surface area contributed by atoms with Gasteiger partial charge in [0.2, 0.25) is 0 Å². The second kappa shape index (κ2) is 6.73. The molecule has 1 aromatic carbocycles. The molecule has 0 saturated carbocycles. The van der Waals surface area contributed by atoms with Gasteiger partial charge in [-0.2, -0.15) is 0 Å². The number of hydrogen-bond acceptors (Lipinski definition) is 2. The van der Waals surface area contributed by atoms with Crippen LogP contribution in [-0.4, -0.2) is 28.4 Å². The minimum atomic E-state index is 0.153. The highest BCUT2D eigenvalue weighted by atomic mass is 16.2. The molecule has 1 fully saturated rings. The highest BCUT2D eigenvalue weighted by molar-refractivity contribution is 5.94. The van der Waals surface area contributed by atoms with Crippen LogP contribution in [0.25, 0.3) is 0 Å². The van der Waals surface area contributed by atoms with Crippen molar-refractivity contribution in [1.82, 2.24) is 9.88 Å². The predicted octanol–water partition coefficient (Wildman–Crippen LogP) is 3.63. The Bertz CT molecular complexity index is 622. The van der Waals surface area contributed by atoms with Crippen molar-refractivity contribution in [3.8, 4) is 0 Å². The molecule has 2 heterocycles. The van der Waals surface area contributed by atoms with Gasteiger partial charge in [0.1, 0.15) is 0 Å². The Morgan fingerprint density at radius 1 is 1.18 bits per heavy atom. The number of pyridine rings is 1. The zero-order valence-corrected chi connectivity index (χ0v) is 13.0. The maximum atomic E-state index is 12.8. The number of amides is 1. The lowest BCUT2D eigenvalue weighted by Gasteiger charge is -2.36. The summed E-state index contributed by atoms with van der Waals surface area (Å²) in [7, 11) is 0. The molecule has 2 aromatic rings. The van der Waals surface area contributed by atoms with Gasteiger partial charge >= 0.3 is 0 Å². The average Bonchev–Trinajstić information content (AvgIpc) is 2.56. The third-order valence-electron chi connectivity index (χ3n) is 4.36. The van der Waals surface area contributed by atoms with Crippen LogP contribution in [0.2, 0.25) is 0 Å². The van der Waals surface area contributed by atoms with Crippen molar-refractivity contribution >= 4 is 5.91 Å². The minimum absolute atomic E-state index is 0.153. The Morgan fingerprint density at radius 3 is 2.73 bits per heavy atom. The zero-order chi connectivity index (χ0) is 15.4. The Kier molecular flexibility index (Phi) is 4.52. The molecule has 3 nitrogen and oxygen atoms in total. The Hall–Kier alpha value is -2.16. The summed E-state index contributed by atoms with van der Waals surface area (Å²) in [5, 5.41) is 0. The molecule has 1 aromatic heterocycles. The van der Waals surface area contributed by atoms with E-state index in [9.17, 15) is 4.79 Å². The van der Waals surface area contributed by atoms with Gasteiger partial charge in [0.25, 0.3) is 5.91 Å². The number of benzene rings is 1. The van der Waals surface area contributed by atoms with Crippen molar-refractivity contribution in [1.29, 1.82) is 0 Å². The molecule has 1 saturated heterocycles. The number of aromatic nitrogens is 1. The van der Waals surface area contributed by atoms with Gasteiger partial charge < -0.3 is 4.90 Å². The van der Waals surface area contributed by atoms with Gasteiger partial charge in [0, 0.05) is 36.5 Å². The van der Waals surface area contributed by atoms with Gasteiger partial charge in [-0.1, -0.05) is 23.8 Å². The van der Waals surface area contributed by atoms with Crippen LogP contribution in [0.15, 0.2) is 48.7 Å². The topological polar surface area (TPSA) is 33.2 Å². The molecule has 1 aliphatic rings. The van der Waals surface area contributed by atoms with Crippen molar-refractivity contribution in [3.63, 3.8) is 0 Å². The summed E-state index contributed by atoms with van der Waals surface area (Å²) in [6.45, 7) is 2.89. The molecule has 1 atom stereocenters. The Balaban J connectivity index is 1.77. The quantitative estimate of drug-likeness (QED) is 0.866. The fourth-order valence-corrected chi connectivity index (χ4v) is 3.10. The van der Waals surface area contributed by atoms with Gasteiger partial charge in [0.15, 0.2) is 0 Å². The third-order valence-corrected chi connectivity index (χ3v) is 4.36. The minimum Gasteiger partial charge on any atom is -0.335 e. The van der Waals surface area contributed by atoms with Gasteiger partial charge in [-0.3, -0.25) is 9.78 Å². The molecule has 0 bridgehead atoms. The van der Waals surface area contributed by atoms with Crippen molar-refractivity contribution in [2.24, 2.45) is 0 Å². The first-order chi connectivity index (χ1) is 10.7. The molecule has 1 unspecified atom stereocenters. The van der Waals surface area contributed by atoms with Gasteiger partial charge in [0.05, 0.1) is 0 Å². The average molecular weight is 294 g/mol. The molecule has 114 valence electrons. The molecule has 0 N–H and O–H groups in total. The first kappa shape index (κ1) is 14.8. The summed E-state index contributed by atoms with van der Waals surface area (Å²) in [5.41, 5.74) is 3.04. The SMILES string of the molecule is Cc1ccc(C(=O)N2CCCCC2Cc2ccccn2)cc1. The van der Waals surface area contributed by atoms with Crippen molar-refractivity contribution in [2.45, 2.75) is 38.6 Å². The van der Waals surface area contributed by atoms with E-state index < -0.39 is 0 Å². The number of piperidine rings is 1. The first-order valence-corrected chi connectivity index (χ1v) is 8.01. The maximum absolute atomic E-state index is 12.8. The van der Waals surface area contributed by atoms with Crippen molar-refractivity contribution < 1.29 is 4.79 Å². The highest BCUT2D eigenvalue weighted by Crippen LogP contribution is 2.22. The lowest BCUT2D eigenvalue weighted by molar-refractivity contribution is 0.0612. The molecule has 0 spiro atoms. The van der Waals surface area contributed by atoms with Crippen LogP contribution in [0, 0.1) is 6.92 Å². The lowest BCUT2D eigenvalue weighted by atomic mass is 9.96. The molecule has 1 amide bonds. The second-order valence-corrected chi connectivity index (χ2v) is 6.04. The molecule has 1 aliphatic heterocycles. The number of rotatable bonds is 3. The number of hydrogen-bond donors (Lipinski definition) is 0. The molecule has 0 aliphatic carbocycles. The zero-order valence-electron chi connectivity index (χ0n) is 13.0. The molecule has 22 heavy (non-hydrogen) atoms. The van der Waals surface area contributed by atoms with Crippen LogP contribution in [0.4, 0.5) is 0 Å². The van der Waals surface area contributed by atoms with E-state index in [-0.39, 0.29) is 11.9 Å². The van der Waals surface area contributed by atoms with Crippen molar-refractivity contribution in [2.75, 3.05) is 6.54 Å². The second-order valence-electron chi connectivity index (χ2n) is 6.04. The number of aryl methyl sites for hydroxylation is 1. The first-order valence-electron chi connectivity index (χ1n) is 8.01. The van der Waals surface area contributed by atoms with Gasteiger partial charge in [-0.05, 0) is 50.5 Å². The Morgan fingerprint density at radius 2 is 2.00 bits per heavy atom. The van der Waals surface area contributed by atoms with Crippen LogP contribution in [0.3, 0.4) is 0 Å². The van der Waals surface area contributed by atoms with E-state index in [2.05, 4.69) is 4.98 Å². The molecular weight excluding hydrogens is 272 g/mol. The van der Waals surface area contributed by atoms with E-state index in [4.69, 9.17) is 0 Å². The number of nitrogens with zero attached hydrogens (tertiary/aromatic N) is 2. The normalized spacial score (nSPS) is 18.2. The summed E-state index contributed by atoms with van der Waals surface area (Å²) in [6.07, 6.45) is 6.02. The summed E-state index contributed by atoms with van der Waals surface area (Å²) in [5.74, 6) is 0.153. The summed E-state index contributed by atoms with van der Waals surface area (Å²) in [4.78, 5) is 19.3. The van der Waals surface area contributed by atoms with E-state index in [0.717, 1.165) is 37.1 Å². The lowest BCUT2D eigenvalue weighted by Crippen LogP contribution is -2.45. The molecule has 3 rings (SSSR count). The van der Waals surface area contributed by atoms with Gasteiger partial charge in [-0.15, -0.1) is 0 Å². The summed E-state index contributed by atoms with van der Waals surface area (Å²) < 4.78 is 0. The van der Waals surface area contributed by atoms with Gasteiger partial charge in [-0.25, -0.2) is 0 Å². The van der Waals surface area contributed by atoms with Crippen LogP contribution in [0.5, 0.6) is 0 Å². The summed E-state index contributed by atoms with van der Waals surface area (Å²) in [6, 6.07) is 14.1. The smallest absolute Gasteiger partial charge is 0.254 e.